The number of allylic oxidation sites excluding steroid dienone is 2. The maximum atomic E-state index is 13.1. The number of nitrogens with one attached hydrogen (secondary N) is 1. The van der Waals surface area contributed by atoms with Crippen molar-refractivity contribution in [1.29, 1.82) is 0 Å². The van der Waals surface area contributed by atoms with Gasteiger partial charge in [-0.05, 0) is 55.7 Å². The molecule has 3 rings (SSSR count). The van der Waals surface area contributed by atoms with E-state index in [1.807, 2.05) is 6.92 Å². The van der Waals surface area contributed by atoms with Crippen LogP contribution in [0, 0.1) is 17.8 Å². The van der Waals surface area contributed by atoms with E-state index in [-0.39, 0.29) is 11.7 Å². The summed E-state index contributed by atoms with van der Waals surface area (Å²) in [5.74, 6) is 1.56. The molecule has 0 aliphatic heterocycles. The largest absolute Gasteiger partial charge is 0.418 e. The lowest BCUT2D eigenvalue weighted by atomic mass is 9.87. The Morgan fingerprint density at radius 3 is 2.57 bits per heavy atom. The maximum absolute atomic E-state index is 13.1. The molecule has 1 nitrogen and oxygen atoms in total. The van der Waals surface area contributed by atoms with Crippen molar-refractivity contribution in [3.8, 4) is 0 Å². The lowest BCUT2D eigenvalue weighted by Gasteiger charge is -2.28. The first-order valence-electron chi connectivity index (χ1n) is 7.16. The van der Waals surface area contributed by atoms with E-state index < -0.39 is 11.7 Å². The van der Waals surface area contributed by atoms with Crippen molar-refractivity contribution in [1.82, 2.24) is 0 Å². The zero-order valence-corrected chi connectivity index (χ0v) is 13.2. The van der Waals surface area contributed by atoms with Crippen LogP contribution in [0.2, 0.25) is 0 Å². The molecule has 21 heavy (non-hydrogen) atoms. The fourth-order valence-corrected chi connectivity index (χ4v) is 3.99. The van der Waals surface area contributed by atoms with Crippen LogP contribution in [0.15, 0.2) is 34.8 Å². The first-order valence-corrected chi connectivity index (χ1v) is 7.95. The Morgan fingerprint density at radius 2 is 2.00 bits per heavy atom. The molecular formula is C16H17BrF3N. The molecule has 2 aliphatic carbocycles. The molecule has 0 amide bonds. The van der Waals surface area contributed by atoms with Gasteiger partial charge in [-0.25, -0.2) is 0 Å². The van der Waals surface area contributed by atoms with Crippen molar-refractivity contribution in [2.24, 2.45) is 17.8 Å². The Hall–Kier alpha value is -0.970. The third kappa shape index (κ3) is 2.98. The molecule has 4 unspecified atom stereocenters. The van der Waals surface area contributed by atoms with Crippen LogP contribution < -0.4 is 5.32 Å². The van der Waals surface area contributed by atoms with Gasteiger partial charge in [0, 0.05) is 16.2 Å². The van der Waals surface area contributed by atoms with Crippen LogP contribution in [0.1, 0.15) is 25.3 Å². The smallest absolute Gasteiger partial charge is 0.382 e. The van der Waals surface area contributed by atoms with E-state index in [2.05, 4.69) is 33.4 Å². The Balaban J connectivity index is 1.80. The SMILES string of the molecule is CC(Nc1ccc(Br)cc1C(F)(F)F)C1CC2C=CC1C2. The van der Waals surface area contributed by atoms with Gasteiger partial charge in [0.1, 0.15) is 0 Å². The number of benzene rings is 1. The zero-order chi connectivity index (χ0) is 15.2. The number of hydrogen-bond acceptors (Lipinski definition) is 1. The molecule has 0 heterocycles. The van der Waals surface area contributed by atoms with Crippen LogP contribution in [-0.2, 0) is 6.18 Å². The van der Waals surface area contributed by atoms with Crippen LogP contribution in [-0.4, -0.2) is 6.04 Å². The summed E-state index contributed by atoms with van der Waals surface area (Å²) < 4.78 is 39.8. The molecule has 1 N–H and O–H groups in total. The lowest BCUT2D eigenvalue weighted by Crippen LogP contribution is -2.29. The highest BCUT2D eigenvalue weighted by atomic mass is 79.9. The van der Waals surface area contributed by atoms with Crippen LogP contribution in [0.3, 0.4) is 0 Å². The third-order valence-corrected chi connectivity index (χ3v) is 5.14. The van der Waals surface area contributed by atoms with E-state index in [1.165, 1.54) is 6.07 Å². The van der Waals surface area contributed by atoms with E-state index in [4.69, 9.17) is 0 Å². The van der Waals surface area contributed by atoms with E-state index in [0.717, 1.165) is 18.9 Å². The minimum absolute atomic E-state index is 0.0345. The van der Waals surface area contributed by atoms with Gasteiger partial charge < -0.3 is 5.32 Å². The normalized spacial score (nSPS) is 28.9. The predicted molar refractivity (Wildman–Crippen MR) is 81.1 cm³/mol. The van der Waals surface area contributed by atoms with Gasteiger partial charge in [0.05, 0.1) is 5.56 Å². The summed E-state index contributed by atoms with van der Waals surface area (Å²) in [6, 6.07) is 4.32. The summed E-state index contributed by atoms with van der Waals surface area (Å²) in [6.45, 7) is 1.99. The lowest BCUT2D eigenvalue weighted by molar-refractivity contribution is -0.137. The number of rotatable bonds is 3. The Morgan fingerprint density at radius 1 is 1.24 bits per heavy atom. The molecule has 0 radical (unpaired) electrons. The van der Waals surface area contributed by atoms with Gasteiger partial charge in [-0.1, -0.05) is 28.1 Å². The molecule has 0 aromatic heterocycles. The van der Waals surface area contributed by atoms with Crippen LogP contribution >= 0.6 is 15.9 Å². The molecule has 0 spiro atoms. The molecule has 1 saturated carbocycles. The average Bonchev–Trinajstić information content (AvgIpc) is 3.02. The molecule has 1 aromatic rings. The first kappa shape index (κ1) is 14.9. The molecule has 114 valence electrons. The van der Waals surface area contributed by atoms with E-state index in [0.29, 0.717) is 22.2 Å². The van der Waals surface area contributed by atoms with E-state index in [9.17, 15) is 13.2 Å². The maximum Gasteiger partial charge on any atom is 0.418 e. The Bertz CT molecular complexity index is 567. The number of alkyl halides is 3. The molecule has 4 atom stereocenters. The number of fused-ring (bicyclic) bond motifs is 2. The second-order valence-corrected chi connectivity index (χ2v) is 6.98. The van der Waals surface area contributed by atoms with Gasteiger partial charge in [-0.2, -0.15) is 13.2 Å². The molecular weight excluding hydrogens is 343 g/mol. The van der Waals surface area contributed by atoms with Crippen LogP contribution in [0.25, 0.3) is 0 Å². The van der Waals surface area contributed by atoms with Gasteiger partial charge in [-0.3, -0.25) is 0 Å². The fourth-order valence-electron chi connectivity index (χ4n) is 3.63. The van der Waals surface area contributed by atoms with Gasteiger partial charge in [0.25, 0.3) is 0 Å². The minimum Gasteiger partial charge on any atom is -0.382 e. The fraction of sp³-hybridized carbons (Fsp3) is 0.500. The number of anilines is 1. The van der Waals surface area contributed by atoms with Crippen molar-refractivity contribution in [2.45, 2.75) is 32.0 Å². The summed E-state index contributed by atoms with van der Waals surface area (Å²) in [7, 11) is 0. The minimum atomic E-state index is -4.35. The van der Waals surface area contributed by atoms with Crippen molar-refractivity contribution in [2.75, 3.05) is 5.32 Å². The quantitative estimate of drug-likeness (QED) is 0.704. The predicted octanol–water partition coefficient (Wildman–Crippen LogP) is 5.48. The standard InChI is InChI=1S/C16H17BrF3N/c1-9(13-7-10-2-3-11(13)6-10)21-15-5-4-12(17)8-14(15)16(18,19)20/h2-5,8-11,13,21H,6-7H2,1H3. The molecule has 1 aromatic carbocycles. The van der Waals surface area contributed by atoms with E-state index in [1.54, 1.807) is 6.07 Å². The van der Waals surface area contributed by atoms with Crippen molar-refractivity contribution >= 4 is 21.6 Å². The van der Waals surface area contributed by atoms with Gasteiger partial charge in [-0.15, -0.1) is 0 Å². The molecule has 2 aliphatic rings. The zero-order valence-electron chi connectivity index (χ0n) is 11.6. The summed E-state index contributed by atoms with van der Waals surface area (Å²) in [5.41, 5.74) is -0.438. The van der Waals surface area contributed by atoms with Gasteiger partial charge >= 0.3 is 6.18 Å². The van der Waals surface area contributed by atoms with Crippen LogP contribution in [0.4, 0.5) is 18.9 Å². The van der Waals surface area contributed by atoms with Crippen molar-refractivity contribution < 1.29 is 13.2 Å². The number of halogens is 4. The van der Waals surface area contributed by atoms with Gasteiger partial charge in [0.2, 0.25) is 0 Å². The third-order valence-electron chi connectivity index (χ3n) is 4.64. The second-order valence-electron chi connectivity index (χ2n) is 6.06. The van der Waals surface area contributed by atoms with Crippen molar-refractivity contribution in [3.05, 3.63) is 40.4 Å². The van der Waals surface area contributed by atoms with Gasteiger partial charge in [0.15, 0.2) is 0 Å². The highest BCUT2D eigenvalue weighted by molar-refractivity contribution is 9.10. The molecule has 2 bridgehead atoms. The summed E-state index contributed by atoms with van der Waals surface area (Å²) in [5, 5.41) is 3.10. The summed E-state index contributed by atoms with van der Waals surface area (Å²) in [4.78, 5) is 0. The summed E-state index contributed by atoms with van der Waals surface area (Å²) >= 11 is 3.11. The molecule has 5 heteroatoms. The van der Waals surface area contributed by atoms with Crippen LogP contribution in [0.5, 0.6) is 0 Å². The molecule has 0 saturated heterocycles. The summed E-state index contributed by atoms with van der Waals surface area (Å²) in [6.07, 6.45) is 2.36. The second kappa shape index (κ2) is 5.34. The first-order chi connectivity index (χ1) is 9.84. The van der Waals surface area contributed by atoms with Crippen molar-refractivity contribution in [3.63, 3.8) is 0 Å². The Kier molecular flexibility index (Phi) is 3.80. The monoisotopic (exact) mass is 359 g/mol. The number of hydrogen-bond donors (Lipinski definition) is 1. The topological polar surface area (TPSA) is 12.0 Å². The average molecular weight is 360 g/mol. The molecule has 1 fully saturated rings. The highest BCUT2D eigenvalue weighted by Gasteiger charge is 2.39. The highest BCUT2D eigenvalue weighted by Crippen LogP contribution is 2.46. The van der Waals surface area contributed by atoms with E-state index >= 15 is 0 Å². The Labute approximate surface area is 130 Å².